The van der Waals surface area contributed by atoms with E-state index in [1.165, 1.54) is 5.56 Å². The van der Waals surface area contributed by atoms with Crippen LogP contribution in [0, 0.1) is 0 Å². The van der Waals surface area contributed by atoms with Crippen LogP contribution < -0.4 is 15.4 Å². The molecule has 1 atom stereocenters. The number of hydrogen-bond acceptors (Lipinski definition) is 3. The maximum atomic E-state index is 12.6. The molecule has 0 aromatic heterocycles. The van der Waals surface area contributed by atoms with E-state index in [-0.39, 0.29) is 11.9 Å². The first kappa shape index (κ1) is 18.8. The molecular formula is C21H25N3O3. The molecular weight excluding hydrogens is 342 g/mol. The van der Waals surface area contributed by atoms with Crippen molar-refractivity contribution >= 4 is 17.6 Å². The predicted octanol–water partition coefficient (Wildman–Crippen LogP) is 3.05. The van der Waals surface area contributed by atoms with Gasteiger partial charge in [-0.05, 0) is 49.1 Å². The van der Waals surface area contributed by atoms with Crippen molar-refractivity contribution in [3.05, 3.63) is 60.2 Å². The summed E-state index contributed by atoms with van der Waals surface area (Å²) in [5.74, 6) is 0.637. The minimum absolute atomic E-state index is 0.0895. The number of carbonyl (C=O) groups is 2. The molecule has 0 spiro atoms. The molecule has 1 aliphatic heterocycles. The number of amides is 3. The molecule has 0 saturated carbocycles. The lowest BCUT2D eigenvalue weighted by Crippen LogP contribution is -2.47. The molecule has 6 heteroatoms. The number of nitrogens with zero attached hydrogens (tertiary/aromatic N) is 1. The molecule has 27 heavy (non-hydrogen) atoms. The first-order valence-electron chi connectivity index (χ1n) is 9.20. The van der Waals surface area contributed by atoms with Gasteiger partial charge in [-0.1, -0.05) is 30.3 Å². The molecule has 2 aromatic rings. The second-order valence-electron chi connectivity index (χ2n) is 6.54. The summed E-state index contributed by atoms with van der Waals surface area (Å²) in [4.78, 5) is 26.7. The van der Waals surface area contributed by atoms with E-state index >= 15 is 0 Å². The lowest BCUT2D eigenvalue weighted by molar-refractivity contribution is -0.124. The summed E-state index contributed by atoms with van der Waals surface area (Å²) in [5, 5.41) is 5.81. The SMILES string of the molecule is COc1ccc(NC(=O)N2CCC[C@@H]2C(=O)NCCc2ccccc2)cc1. The van der Waals surface area contributed by atoms with Gasteiger partial charge in [-0.15, -0.1) is 0 Å². The number of nitrogens with one attached hydrogen (secondary N) is 2. The van der Waals surface area contributed by atoms with Crippen LogP contribution >= 0.6 is 0 Å². The molecule has 1 aliphatic rings. The maximum absolute atomic E-state index is 12.6. The third-order valence-electron chi connectivity index (χ3n) is 4.71. The number of urea groups is 1. The van der Waals surface area contributed by atoms with Gasteiger partial charge in [-0.3, -0.25) is 4.79 Å². The van der Waals surface area contributed by atoms with Crippen molar-refractivity contribution in [3.8, 4) is 5.75 Å². The molecule has 0 bridgehead atoms. The zero-order chi connectivity index (χ0) is 19.1. The third-order valence-corrected chi connectivity index (χ3v) is 4.71. The summed E-state index contributed by atoms with van der Waals surface area (Å²) in [6, 6.07) is 16.5. The van der Waals surface area contributed by atoms with Gasteiger partial charge in [-0.25, -0.2) is 4.79 Å². The van der Waals surface area contributed by atoms with Crippen LogP contribution in [0.15, 0.2) is 54.6 Å². The summed E-state index contributed by atoms with van der Waals surface area (Å²) < 4.78 is 5.12. The van der Waals surface area contributed by atoms with Gasteiger partial charge in [0.2, 0.25) is 5.91 Å². The Morgan fingerprint density at radius 2 is 1.85 bits per heavy atom. The van der Waals surface area contributed by atoms with Crippen molar-refractivity contribution in [2.45, 2.75) is 25.3 Å². The van der Waals surface area contributed by atoms with Gasteiger partial charge >= 0.3 is 6.03 Å². The molecule has 3 amide bonds. The summed E-state index contributed by atoms with van der Waals surface area (Å²) in [6.45, 7) is 1.14. The summed E-state index contributed by atoms with van der Waals surface area (Å²) in [5.41, 5.74) is 1.86. The standard InChI is InChI=1S/C21H25N3O3/c1-27-18-11-9-17(10-12-18)23-21(26)24-15-5-8-19(24)20(25)22-14-13-16-6-3-2-4-7-16/h2-4,6-7,9-12,19H,5,8,13-15H2,1H3,(H,22,25)(H,23,26)/t19-/m1/s1. The van der Waals surface area contributed by atoms with Crippen LogP contribution in [0.4, 0.5) is 10.5 Å². The van der Waals surface area contributed by atoms with E-state index in [1.54, 1.807) is 36.3 Å². The van der Waals surface area contributed by atoms with E-state index in [9.17, 15) is 9.59 Å². The van der Waals surface area contributed by atoms with E-state index < -0.39 is 6.04 Å². The number of likely N-dealkylation sites (tertiary alicyclic amines) is 1. The molecule has 6 nitrogen and oxygen atoms in total. The molecule has 142 valence electrons. The fraction of sp³-hybridized carbons (Fsp3) is 0.333. The highest BCUT2D eigenvalue weighted by molar-refractivity contribution is 5.94. The Balaban J connectivity index is 1.52. The zero-order valence-corrected chi connectivity index (χ0v) is 15.5. The summed E-state index contributed by atoms with van der Waals surface area (Å²) >= 11 is 0. The van der Waals surface area contributed by atoms with Crippen molar-refractivity contribution in [1.29, 1.82) is 0 Å². The van der Waals surface area contributed by atoms with E-state index in [0.717, 1.165) is 18.6 Å². The van der Waals surface area contributed by atoms with E-state index in [4.69, 9.17) is 4.74 Å². The molecule has 3 rings (SSSR count). The van der Waals surface area contributed by atoms with Crippen molar-refractivity contribution in [3.63, 3.8) is 0 Å². The van der Waals surface area contributed by atoms with Crippen molar-refractivity contribution in [2.24, 2.45) is 0 Å². The van der Waals surface area contributed by atoms with Crippen LogP contribution in [0.5, 0.6) is 5.75 Å². The minimum Gasteiger partial charge on any atom is -0.497 e. The number of carbonyl (C=O) groups excluding carboxylic acids is 2. The Morgan fingerprint density at radius 3 is 2.56 bits per heavy atom. The fourth-order valence-corrected chi connectivity index (χ4v) is 3.24. The Morgan fingerprint density at radius 1 is 1.11 bits per heavy atom. The highest BCUT2D eigenvalue weighted by Gasteiger charge is 2.33. The molecule has 2 N–H and O–H groups in total. The minimum atomic E-state index is -0.418. The lowest BCUT2D eigenvalue weighted by atomic mass is 10.1. The Labute approximate surface area is 159 Å². The molecule has 2 aromatic carbocycles. The molecule has 1 heterocycles. The van der Waals surface area contributed by atoms with E-state index in [1.807, 2.05) is 30.3 Å². The van der Waals surface area contributed by atoms with Gasteiger partial charge in [0, 0.05) is 18.8 Å². The van der Waals surface area contributed by atoms with E-state index in [2.05, 4.69) is 10.6 Å². The maximum Gasteiger partial charge on any atom is 0.322 e. The quantitative estimate of drug-likeness (QED) is 0.824. The van der Waals surface area contributed by atoms with Crippen LogP contribution in [0.1, 0.15) is 18.4 Å². The number of anilines is 1. The Bertz CT molecular complexity index is 762. The second-order valence-corrected chi connectivity index (χ2v) is 6.54. The molecule has 1 saturated heterocycles. The highest BCUT2D eigenvalue weighted by Crippen LogP contribution is 2.20. The van der Waals surface area contributed by atoms with Crippen LogP contribution in [-0.4, -0.2) is 43.1 Å². The van der Waals surface area contributed by atoms with E-state index in [0.29, 0.717) is 25.2 Å². The summed E-state index contributed by atoms with van der Waals surface area (Å²) in [7, 11) is 1.60. The molecule has 0 radical (unpaired) electrons. The number of ether oxygens (including phenoxy) is 1. The van der Waals surface area contributed by atoms with Crippen molar-refractivity contribution < 1.29 is 14.3 Å². The van der Waals surface area contributed by atoms with Gasteiger partial charge < -0.3 is 20.3 Å². The van der Waals surface area contributed by atoms with Gasteiger partial charge in [0.05, 0.1) is 7.11 Å². The normalized spacial score (nSPS) is 16.0. The zero-order valence-electron chi connectivity index (χ0n) is 15.5. The predicted molar refractivity (Wildman–Crippen MR) is 105 cm³/mol. The first-order valence-corrected chi connectivity index (χ1v) is 9.20. The van der Waals surface area contributed by atoms with Gasteiger partial charge in [0.15, 0.2) is 0 Å². The second kappa shape index (κ2) is 9.07. The third kappa shape index (κ3) is 5.00. The van der Waals surface area contributed by atoms with Crippen LogP contribution in [-0.2, 0) is 11.2 Å². The summed E-state index contributed by atoms with van der Waals surface area (Å²) in [6.07, 6.45) is 2.29. The lowest BCUT2D eigenvalue weighted by Gasteiger charge is -2.24. The van der Waals surface area contributed by atoms with Crippen LogP contribution in [0.25, 0.3) is 0 Å². The smallest absolute Gasteiger partial charge is 0.322 e. The Kier molecular flexibility index (Phi) is 6.30. The number of rotatable bonds is 6. The number of methoxy groups -OCH3 is 1. The average molecular weight is 367 g/mol. The largest absolute Gasteiger partial charge is 0.497 e. The Hall–Kier alpha value is -3.02. The number of benzene rings is 2. The van der Waals surface area contributed by atoms with Gasteiger partial charge in [-0.2, -0.15) is 0 Å². The van der Waals surface area contributed by atoms with Crippen molar-refractivity contribution in [2.75, 3.05) is 25.5 Å². The van der Waals surface area contributed by atoms with Crippen LogP contribution in [0.2, 0.25) is 0 Å². The molecule has 0 aliphatic carbocycles. The van der Waals surface area contributed by atoms with Gasteiger partial charge in [0.25, 0.3) is 0 Å². The van der Waals surface area contributed by atoms with Crippen molar-refractivity contribution in [1.82, 2.24) is 10.2 Å². The topological polar surface area (TPSA) is 70.7 Å². The average Bonchev–Trinajstić information content (AvgIpc) is 3.19. The fourth-order valence-electron chi connectivity index (χ4n) is 3.24. The first-order chi connectivity index (χ1) is 13.2. The van der Waals surface area contributed by atoms with Crippen LogP contribution in [0.3, 0.4) is 0 Å². The number of hydrogen-bond donors (Lipinski definition) is 2. The monoisotopic (exact) mass is 367 g/mol. The van der Waals surface area contributed by atoms with Gasteiger partial charge in [0.1, 0.15) is 11.8 Å². The highest BCUT2D eigenvalue weighted by atomic mass is 16.5. The molecule has 0 unspecified atom stereocenters. The molecule has 1 fully saturated rings.